The second kappa shape index (κ2) is 7.66. The van der Waals surface area contributed by atoms with Gasteiger partial charge in [0.05, 0.1) is 28.7 Å². The molecule has 0 spiro atoms. The summed E-state index contributed by atoms with van der Waals surface area (Å²) in [6.07, 6.45) is 5.65. The van der Waals surface area contributed by atoms with E-state index in [-0.39, 0.29) is 5.54 Å². The van der Waals surface area contributed by atoms with E-state index in [0.29, 0.717) is 5.65 Å². The number of nitrogens with zero attached hydrogens (tertiary/aromatic N) is 6. The van der Waals surface area contributed by atoms with E-state index in [2.05, 4.69) is 86.1 Å². The first-order valence-electron chi connectivity index (χ1n) is 7.90. The zero-order valence-corrected chi connectivity index (χ0v) is 19.1. The van der Waals surface area contributed by atoms with Crippen LogP contribution in [-0.4, -0.2) is 40.7 Å². The predicted octanol–water partition coefficient (Wildman–Crippen LogP) is 4.35. The molecule has 0 radical (unpaired) electrons. The minimum atomic E-state index is -1.12. The molecule has 0 saturated carbocycles. The van der Waals surface area contributed by atoms with Crippen molar-refractivity contribution in [3.05, 3.63) is 44.1 Å². The summed E-state index contributed by atoms with van der Waals surface area (Å²) in [4.78, 5) is 18.9. The molecule has 0 bridgehead atoms. The van der Waals surface area contributed by atoms with E-state index in [1.54, 1.807) is 12.3 Å². The number of aromatic nitrogens is 6. The van der Waals surface area contributed by atoms with Crippen LogP contribution in [0.5, 0.6) is 0 Å². The Balaban J connectivity index is 0.000000156. The maximum absolute atomic E-state index is 10.6. The first-order chi connectivity index (χ1) is 12.7. The fourth-order valence-electron chi connectivity index (χ4n) is 2.43. The SMILES string of the molecule is CC(C)(C)n1ncc2c(I)ccnc21.O=C(O)n1ncc2c(I)ccnc21. The van der Waals surface area contributed by atoms with Gasteiger partial charge in [-0.1, -0.05) is 0 Å². The minimum absolute atomic E-state index is 0.0147. The van der Waals surface area contributed by atoms with Crippen LogP contribution in [-0.2, 0) is 5.54 Å². The third-order valence-electron chi connectivity index (χ3n) is 3.65. The van der Waals surface area contributed by atoms with Crippen LogP contribution in [0.1, 0.15) is 20.8 Å². The number of halogens is 2. The topological polar surface area (TPSA) is 98.7 Å². The summed E-state index contributed by atoms with van der Waals surface area (Å²) in [5, 5.41) is 18.7. The first kappa shape index (κ1) is 19.9. The van der Waals surface area contributed by atoms with Gasteiger partial charge in [-0.25, -0.2) is 19.4 Å². The van der Waals surface area contributed by atoms with Crippen LogP contribution in [0.3, 0.4) is 0 Å². The third kappa shape index (κ3) is 4.05. The normalized spacial score (nSPS) is 11.4. The van der Waals surface area contributed by atoms with E-state index in [4.69, 9.17) is 5.11 Å². The van der Waals surface area contributed by atoms with Crippen molar-refractivity contribution in [2.45, 2.75) is 26.3 Å². The van der Waals surface area contributed by atoms with Gasteiger partial charge in [0.25, 0.3) is 0 Å². The van der Waals surface area contributed by atoms with E-state index in [9.17, 15) is 4.79 Å². The molecule has 1 N–H and O–H groups in total. The number of hydrogen-bond donors (Lipinski definition) is 1. The van der Waals surface area contributed by atoms with E-state index in [1.807, 2.05) is 23.1 Å². The number of fused-ring (bicyclic) bond motifs is 2. The Kier molecular flexibility index (Phi) is 5.65. The third-order valence-corrected chi connectivity index (χ3v) is 5.54. The number of hydrogen-bond acceptors (Lipinski definition) is 5. The van der Waals surface area contributed by atoms with Crippen LogP contribution in [0.4, 0.5) is 4.79 Å². The van der Waals surface area contributed by atoms with Crippen LogP contribution >= 0.6 is 45.2 Å². The van der Waals surface area contributed by atoms with Crippen molar-refractivity contribution in [1.82, 2.24) is 29.5 Å². The van der Waals surface area contributed by atoms with E-state index in [0.717, 1.165) is 24.7 Å². The number of carbonyl (C=O) groups is 1. The predicted molar refractivity (Wildman–Crippen MR) is 119 cm³/mol. The van der Waals surface area contributed by atoms with Crippen LogP contribution in [0.15, 0.2) is 36.9 Å². The van der Waals surface area contributed by atoms with Gasteiger partial charge in [0.15, 0.2) is 11.3 Å². The Labute approximate surface area is 182 Å². The average Bonchev–Trinajstić information content (AvgIpc) is 3.20. The van der Waals surface area contributed by atoms with Crippen molar-refractivity contribution in [1.29, 1.82) is 0 Å². The molecule has 0 aliphatic carbocycles. The summed E-state index contributed by atoms with van der Waals surface area (Å²) in [6, 6.07) is 3.80. The van der Waals surface area contributed by atoms with Crippen molar-refractivity contribution in [2.75, 3.05) is 0 Å². The monoisotopic (exact) mass is 590 g/mol. The summed E-state index contributed by atoms with van der Waals surface area (Å²) in [6.45, 7) is 6.38. The van der Waals surface area contributed by atoms with Crippen molar-refractivity contribution < 1.29 is 9.90 Å². The molecular formula is C17H16I2N6O2. The second-order valence-corrected chi connectivity index (χ2v) is 8.95. The summed E-state index contributed by atoms with van der Waals surface area (Å²) in [7, 11) is 0. The summed E-state index contributed by atoms with van der Waals surface area (Å²) in [5.41, 5.74) is 1.32. The lowest BCUT2D eigenvalue weighted by Gasteiger charge is -2.19. The minimum Gasteiger partial charge on any atom is -0.463 e. The lowest BCUT2D eigenvalue weighted by Crippen LogP contribution is -2.23. The zero-order chi connectivity index (χ0) is 19.8. The fourth-order valence-corrected chi connectivity index (χ4v) is 3.51. The van der Waals surface area contributed by atoms with E-state index < -0.39 is 6.09 Å². The van der Waals surface area contributed by atoms with Crippen molar-refractivity contribution in [3.63, 3.8) is 0 Å². The highest BCUT2D eigenvalue weighted by atomic mass is 127. The molecule has 4 heterocycles. The maximum atomic E-state index is 10.6. The summed E-state index contributed by atoms with van der Waals surface area (Å²) >= 11 is 4.41. The Bertz CT molecular complexity index is 1130. The number of pyridine rings is 2. The van der Waals surface area contributed by atoms with Gasteiger partial charge in [-0.2, -0.15) is 10.2 Å². The Morgan fingerprint density at radius 2 is 1.48 bits per heavy atom. The highest BCUT2D eigenvalue weighted by Gasteiger charge is 2.18. The molecule has 0 unspecified atom stereocenters. The van der Waals surface area contributed by atoms with Gasteiger partial charge in [0.2, 0.25) is 0 Å². The summed E-state index contributed by atoms with van der Waals surface area (Å²) in [5.74, 6) is 0. The molecule has 0 aliphatic heterocycles. The van der Waals surface area contributed by atoms with Gasteiger partial charge in [0.1, 0.15) is 0 Å². The first-order valence-corrected chi connectivity index (χ1v) is 10.1. The molecule has 0 aromatic carbocycles. The number of rotatable bonds is 0. The molecule has 0 amide bonds. The molecule has 4 aromatic heterocycles. The van der Waals surface area contributed by atoms with Crippen LogP contribution in [0, 0.1) is 7.14 Å². The molecule has 8 nitrogen and oxygen atoms in total. The summed E-state index contributed by atoms with van der Waals surface area (Å²) < 4.78 is 4.96. The fraction of sp³-hybridized carbons (Fsp3) is 0.235. The molecule has 0 fully saturated rings. The highest BCUT2D eigenvalue weighted by molar-refractivity contribution is 14.1. The Hall–Kier alpha value is -1.83. The number of carboxylic acid groups (broad SMARTS) is 1. The molecule has 140 valence electrons. The molecule has 0 saturated heterocycles. The Morgan fingerprint density at radius 1 is 0.963 bits per heavy atom. The average molecular weight is 590 g/mol. The molecule has 27 heavy (non-hydrogen) atoms. The van der Waals surface area contributed by atoms with Gasteiger partial charge in [-0.15, -0.1) is 4.68 Å². The van der Waals surface area contributed by atoms with Crippen molar-refractivity contribution >= 4 is 73.3 Å². The van der Waals surface area contributed by atoms with Gasteiger partial charge < -0.3 is 5.11 Å². The quantitative estimate of drug-likeness (QED) is 0.306. The van der Waals surface area contributed by atoms with E-state index >= 15 is 0 Å². The molecule has 0 aliphatic rings. The van der Waals surface area contributed by atoms with Crippen molar-refractivity contribution in [2.24, 2.45) is 0 Å². The van der Waals surface area contributed by atoms with Crippen LogP contribution in [0.2, 0.25) is 0 Å². The van der Waals surface area contributed by atoms with E-state index in [1.165, 1.54) is 9.77 Å². The van der Waals surface area contributed by atoms with Gasteiger partial charge >= 0.3 is 6.09 Å². The highest BCUT2D eigenvalue weighted by Crippen LogP contribution is 2.23. The maximum Gasteiger partial charge on any atom is 0.434 e. The van der Waals surface area contributed by atoms with Gasteiger partial charge in [0, 0.05) is 19.5 Å². The van der Waals surface area contributed by atoms with Crippen LogP contribution < -0.4 is 0 Å². The smallest absolute Gasteiger partial charge is 0.434 e. The second-order valence-electron chi connectivity index (χ2n) is 6.63. The molecule has 10 heteroatoms. The molecule has 4 aromatic rings. The van der Waals surface area contributed by atoms with Crippen LogP contribution in [0.25, 0.3) is 22.1 Å². The molecule has 4 rings (SSSR count). The Morgan fingerprint density at radius 3 is 2.04 bits per heavy atom. The lowest BCUT2D eigenvalue weighted by molar-refractivity contribution is 0.194. The van der Waals surface area contributed by atoms with Crippen molar-refractivity contribution in [3.8, 4) is 0 Å². The standard InChI is InChI=1S/C10H12IN3.C7H4IN3O2/c1-10(2,3)14-9-7(6-13-14)8(11)4-5-12-9;8-5-1-2-9-6-4(5)3-10-11(6)7(12)13/h4-6H,1-3H3;1-3H,(H,12,13). The van der Waals surface area contributed by atoms with Gasteiger partial charge in [-0.05, 0) is 78.1 Å². The molecular weight excluding hydrogens is 574 g/mol. The largest absolute Gasteiger partial charge is 0.463 e. The van der Waals surface area contributed by atoms with Gasteiger partial charge in [-0.3, -0.25) is 0 Å². The zero-order valence-electron chi connectivity index (χ0n) is 14.8. The lowest BCUT2D eigenvalue weighted by atomic mass is 10.1. The molecule has 0 atom stereocenters.